The van der Waals surface area contributed by atoms with Crippen molar-refractivity contribution in [3.63, 3.8) is 0 Å². The molecule has 1 unspecified atom stereocenters. The monoisotopic (exact) mass is 350 g/mol. The lowest BCUT2D eigenvalue weighted by Crippen LogP contribution is -2.32. The Labute approximate surface area is 137 Å². The van der Waals surface area contributed by atoms with E-state index in [9.17, 15) is 9.59 Å². The fourth-order valence-corrected chi connectivity index (χ4v) is 2.58. The van der Waals surface area contributed by atoms with Gasteiger partial charge in [0.25, 0.3) is 0 Å². The number of esters is 1. The maximum atomic E-state index is 11.8. The fraction of sp³-hybridized carbons (Fsp3) is 0.385. The van der Waals surface area contributed by atoms with E-state index in [-0.39, 0.29) is 11.7 Å². The van der Waals surface area contributed by atoms with Gasteiger partial charge in [0.1, 0.15) is 6.04 Å². The van der Waals surface area contributed by atoms with Gasteiger partial charge >= 0.3 is 5.97 Å². The Kier molecular flexibility index (Phi) is 7.88. The number of amides is 1. The Morgan fingerprint density at radius 2 is 2.14 bits per heavy atom. The molecule has 0 fully saturated rings. The Hall–Kier alpha value is -0.950. The lowest BCUT2D eigenvalue weighted by Gasteiger charge is -2.09. The Bertz CT molecular complexity index is 514. The largest absolute Gasteiger partial charge is 0.468 e. The van der Waals surface area contributed by atoms with Gasteiger partial charge in [0.05, 0.1) is 23.6 Å². The molecule has 0 aliphatic rings. The highest BCUT2D eigenvalue weighted by molar-refractivity contribution is 7.99. The van der Waals surface area contributed by atoms with Crippen molar-refractivity contribution in [1.82, 2.24) is 0 Å². The van der Waals surface area contributed by atoms with Crippen LogP contribution in [0.25, 0.3) is 0 Å². The number of nitrogens with one attached hydrogen (secondary N) is 1. The number of carbonyl (C=O) groups excluding carboxylic acids is 2. The second kappa shape index (κ2) is 9.15. The number of anilines is 1. The second-order valence-corrected chi connectivity index (χ2v) is 6.09. The molecule has 1 aromatic rings. The van der Waals surface area contributed by atoms with E-state index in [2.05, 4.69) is 10.1 Å². The van der Waals surface area contributed by atoms with Gasteiger partial charge in [-0.15, -0.1) is 0 Å². The lowest BCUT2D eigenvalue weighted by atomic mass is 10.2. The number of hydrogen-bond donors (Lipinski definition) is 2. The molecule has 0 spiro atoms. The van der Waals surface area contributed by atoms with E-state index in [4.69, 9.17) is 28.9 Å². The van der Waals surface area contributed by atoms with Crippen molar-refractivity contribution < 1.29 is 14.3 Å². The summed E-state index contributed by atoms with van der Waals surface area (Å²) in [5.41, 5.74) is 6.06. The summed E-state index contributed by atoms with van der Waals surface area (Å²) < 4.78 is 4.51. The predicted molar refractivity (Wildman–Crippen MR) is 87.0 cm³/mol. The molecule has 8 heteroatoms. The van der Waals surface area contributed by atoms with E-state index >= 15 is 0 Å². The number of ether oxygens (including phenoxy) is 1. The minimum absolute atomic E-state index is 0.198. The van der Waals surface area contributed by atoms with Gasteiger partial charge in [0, 0.05) is 5.02 Å². The fourth-order valence-electron chi connectivity index (χ4n) is 1.42. The molecule has 0 radical (unpaired) electrons. The Morgan fingerprint density at radius 3 is 2.81 bits per heavy atom. The van der Waals surface area contributed by atoms with Crippen LogP contribution in [0.1, 0.15) is 6.42 Å². The molecule has 1 rings (SSSR count). The number of hydrogen-bond acceptors (Lipinski definition) is 5. The van der Waals surface area contributed by atoms with E-state index in [0.29, 0.717) is 27.9 Å². The molecule has 0 aromatic heterocycles. The number of benzene rings is 1. The van der Waals surface area contributed by atoms with Gasteiger partial charge in [-0.25, -0.2) is 0 Å². The zero-order valence-electron chi connectivity index (χ0n) is 11.4. The van der Waals surface area contributed by atoms with Gasteiger partial charge < -0.3 is 15.8 Å². The van der Waals surface area contributed by atoms with Crippen molar-refractivity contribution in [3.8, 4) is 0 Å². The summed E-state index contributed by atoms with van der Waals surface area (Å²) in [6.07, 6.45) is 0.447. The van der Waals surface area contributed by atoms with Crippen LogP contribution < -0.4 is 11.1 Å². The van der Waals surface area contributed by atoms with Crippen molar-refractivity contribution in [2.45, 2.75) is 12.5 Å². The van der Waals surface area contributed by atoms with Crippen molar-refractivity contribution in [1.29, 1.82) is 0 Å². The van der Waals surface area contributed by atoms with Gasteiger partial charge in [0.15, 0.2) is 0 Å². The summed E-state index contributed by atoms with van der Waals surface area (Å²) in [7, 11) is 1.29. The van der Waals surface area contributed by atoms with Crippen LogP contribution in [0.15, 0.2) is 18.2 Å². The topological polar surface area (TPSA) is 81.4 Å². The first-order valence-corrected chi connectivity index (χ1v) is 8.01. The van der Waals surface area contributed by atoms with Crippen molar-refractivity contribution >= 4 is 52.5 Å². The molecule has 0 bridgehead atoms. The van der Waals surface area contributed by atoms with Crippen molar-refractivity contribution in [2.75, 3.05) is 23.9 Å². The summed E-state index contributed by atoms with van der Waals surface area (Å²) in [4.78, 5) is 22.8. The van der Waals surface area contributed by atoms with E-state index in [0.717, 1.165) is 0 Å². The normalized spacial score (nSPS) is 11.8. The summed E-state index contributed by atoms with van der Waals surface area (Å²) in [5, 5.41) is 3.59. The molecular weight excluding hydrogens is 335 g/mol. The summed E-state index contributed by atoms with van der Waals surface area (Å²) in [6.45, 7) is 0. The van der Waals surface area contributed by atoms with Gasteiger partial charge in [-0.2, -0.15) is 11.8 Å². The highest BCUT2D eigenvalue weighted by Gasteiger charge is 2.13. The average Bonchev–Trinajstić information content (AvgIpc) is 2.46. The highest BCUT2D eigenvalue weighted by atomic mass is 35.5. The zero-order valence-corrected chi connectivity index (χ0v) is 13.7. The van der Waals surface area contributed by atoms with Crippen molar-refractivity contribution in [2.24, 2.45) is 5.73 Å². The maximum absolute atomic E-state index is 11.8. The number of carbonyl (C=O) groups is 2. The number of methoxy groups -OCH3 is 1. The van der Waals surface area contributed by atoms with Crippen molar-refractivity contribution in [3.05, 3.63) is 28.2 Å². The summed E-state index contributed by atoms with van der Waals surface area (Å²) >= 11 is 13.1. The smallest absolute Gasteiger partial charge is 0.322 e. The van der Waals surface area contributed by atoms with Crippen LogP contribution in [-0.4, -0.2) is 36.5 Å². The minimum Gasteiger partial charge on any atom is -0.468 e. The molecule has 21 heavy (non-hydrogen) atoms. The summed E-state index contributed by atoms with van der Waals surface area (Å²) in [6, 6.07) is 4.18. The molecule has 1 amide bonds. The molecule has 0 heterocycles. The van der Waals surface area contributed by atoms with Crippen LogP contribution in [0, 0.1) is 0 Å². The van der Waals surface area contributed by atoms with E-state index in [1.807, 2.05) is 0 Å². The van der Waals surface area contributed by atoms with Crippen LogP contribution in [0.4, 0.5) is 5.69 Å². The third-order valence-electron chi connectivity index (χ3n) is 2.51. The lowest BCUT2D eigenvalue weighted by molar-refractivity contribution is -0.142. The van der Waals surface area contributed by atoms with Crippen LogP contribution in [0.2, 0.25) is 10.0 Å². The van der Waals surface area contributed by atoms with Gasteiger partial charge in [-0.1, -0.05) is 23.2 Å². The third kappa shape index (κ3) is 6.56. The van der Waals surface area contributed by atoms with Gasteiger partial charge in [-0.3, -0.25) is 9.59 Å². The van der Waals surface area contributed by atoms with Gasteiger partial charge in [-0.05, 0) is 30.4 Å². The SMILES string of the molecule is COC(=O)C(N)CCSCC(=O)Nc1cc(Cl)ccc1Cl. The third-order valence-corrected chi connectivity index (χ3v) is 4.07. The standard InChI is InChI=1S/C13H16Cl2N2O3S/c1-20-13(19)10(16)4-5-21-7-12(18)17-11-6-8(14)2-3-9(11)15/h2-3,6,10H,4-5,7,16H2,1H3,(H,17,18). The molecule has 1 atom stereocenters. The molecule has 1 aromatic carbocycles. The average molecular weight is 351 g/mol. The minimum atomic E-state index is -0.659. The molecule has 3 N–H and O–H groups in total. The van der Waals surface area contributed by atoms with Crippen LogP contribution in [0.3, 0.4) is 0 Å². The van der Waals surface area contributed by atoms with Crippen LogP contribution in [0.5, 0.6) is 0 Å². The zero-order chi connectivity index (χ0) is 15.8. The first-order chi connectivity index (χ1) is 9.93. The Morgan fingerprint density at radius 1 is 1.43 bits per heavy atom. The molecule has 0 aliphatic carbocycles. The van der Waals surface area contributed by atoms with E-state index < -0.39 is 12.0 Å². The highest BCUT2D eigenvalue weighted by Crippen LogP contribution is 2.25. The van der Waals surface area contributed by atoms with E-state index in [1.54, 1.807) is 18.2 Å². The number of thioether (sulfide) groups is 1. The predicted octanol–water partition coefficient (Wildman–Crippen LogP) is 2.56. The number of halogens is 2. The number of rotatable bonds is 7. The first kappa shape index (κ1) is 18.1. The first-order valence-electron chi connectivity index (χ1n) is 6.10. The molecule has 0 saturated heterocycles. The summed E-state index contributed by atoms with van der Waals surface area (Å²) in [5.74, 6) is 0.158. The van der Waals surface area contributed by atoms with Gasteiger partial charge in [0.2, 0.25) is 5.91 Å². The molecule has 116 valence electrons. The quantitative estimate of drug-likeness (QED) is 0.583. The molecular formula is C13H16Cl2N2O3S. The van der Waals surface area contributed by atoms with Crippen LogP contribution >= 0.6 is 35.0 Å². The molecule has 0 saturated carbocycles. The Balaban J connectivity index is 2.32. The number of nitrogens with two attached hydrogens (primary N) is 1. The van der Waals surface area contributed by atoms with E-state index in [1.165, 1.54) is 18.9 Å². The van der Waals surface area contributed by atoms with Crippen LogP contribution in [-0.2, 0) is 14.3 Å². The molecule has 5 nitrogen and oxygen atoms in total. The second-order valence-electron chi connectivity index (χ2n) is 4.14. The maximum Gasteiger partial charge on any atom is 0.322 e. The molecule has 0 aliphatic heterocycles.